The molecular weight excluding hydrogens is 365 g/mol. The molecule has 0 saturated heterocycles. The number of anilines is 1. The number of nitrogens with zero attached hydrogens (tertiary/aromatic N) is 2. The minimum absolute atomic E-state index is 0.111. The van der Waals surface area contributed by atoms with E-state index >= 15 is 0 Å². The summed E-state index contributed by atoms with van der Waals surface area (Å²) in [5.41, 5.74) is 3.92. The third-order valence-corrected chi connectivity index (χ3v) is 4.89. The molecule has 0 radical (unpaired) electrons. The van der Waals surface area contributed by atoms with Crippen LogP contribution in [0.5, 0.6) is 0 Å². The van der Waals surface area contributed by atoms with E-state index in [-0.39, 0.29) is 11.7 Å². The van der Waals surface area contributed by atoms with Crippen LogP contribution in [0.25, 0.3) is 0 Å². The van der Waals surface area contributed by atoms with Crippen molar-refractivity contribution in [1.82, 2.24) is 9.88 Å². The molecule has 1 N–H and O–H groups in total. The van der Waals surface area contributed by atoms with Crippen LogP contribution in [-0.4, -0.2) is 15.8 Å². The van der Waals surface area contributed by atoms with Crippen molar-refractivity contribution < 1.29 is 9.18 Å². The number of rotatable bonds is 4. The zero-order valence-corrected chi connectivity index (χ0v) is 15.4. The maximum Gasteiger partial charge on any atom is 0.258 e. The Morgan fingerprint density at radius 2 is 1.96 bits per heavy atom. The monoisotopic (exact) mass is 381 g/mol. The molecule has 4 rings (SSSR count). The van der Waals surface area contributed by atoms with Gasteiger partial charge >= 0.3 is 0 Å². The molecule has 6 heteroatoms. The third-order valence-electron chi connectivity index (χ3n) is 4.66. The van der Waals surface area contributed by atoms with Crippen LogP contribution in [0.15, 0.2) is 60.8 Å². The van der Waals surface area contributed by atoms with Gasteiger partial charge in [0.15, 0.2) is 0 Å². The number of hydrogen-bond acceptors (Lipinski definition) is 3. The number of halogens is 2. The number of amides is 1. The normalized spacial score (nSPS) is 15.7. The Morgan fingerprint density at radius 3 is 2.74 bits per heavy atom. The van der Waals surface area contributed by atoms with Gasteiger partial charge in [-0.05, 0) is 54.4 Å². The van der Waals surface area contributed by atoms with E-state index in [2.05, 4.69) is 10.3 Å². The van der Waals surface area contributed by atoms with Gasteiger partial charge in [0, 0.05) is 23.5 Å². The van der Waals surface area contributed by atoms with E-state index in [1.807, 2.05) is 25.1 Å². The summed E-state index contributed by atoms with van der Waals surface area (Å²) >= 11 is 6.14. The van der Waals surface area contributed by atoms with E-state index in [1.54, 1.807) is 35.4 Å². The lowest BCUT2D eigenvalue weighted by atomic mass is 10.1. The summed E-state index contributed by atoms with van der Waals surface area (Å²) in [6.45, 7) is 2.31. The molecule has 0 aliphatic carbocycles. The van der Waals surface area contributed by atoms with Gasteiger partial charge in [0.2, 0.25) is 0 Å². The third kappa shape index (κ3) is 3.38. The van der Waals surface area contributed by atoms with Crippen LogP contribution in [0.3, 0.4) is 0 Å². The Bertz CT molecular complexity index is 1010. The molecule has 1 unspecified atom stereocenters. The van der Waals surface area contributed by atoms with Gasteiger partial charge in [0.1, 0.15) is 12.0 Å². The highest BCUT2D eigenvalue weighted by Gasteiger charge is 2.38. The highest BCUT2D eigenvalue weighted by atomic mass is 35.5. The van der Waals surface area contributed by atoms with E-state index in [0.717, 1.165) is 16.8 Å². The Morgan fingerprint density at radius 1 is 1.19 bits per heavy atom. The molecule has 1 aliphatic rings. The van der Waals surface area contributed by atoms with Gasteiger partial charge in [-0.3, -0.25) is 9.78 Å². The second kappa shape index (κ2) is 7.00. The van der Waals surface area contributed by atoms with Gasteiger partial charge in [-0.2, -0.15) is 0 Å². The fourth-order valence-electron chi connectivity index (χ4n) is 3.23. The molecule has 27 heavy (non-hydrogen) atoms. The number of carbonyl (C=O) groups excluding carboxylic acids is 1. The molecule has 3 aromatic rings. The molecule has 4 nitrogen and oxygen atoms in total. The predicted molar refractivity (Wildman–Crippen MR) is 103 cm³/mol. The van der Waals surface area contributed by atoms with Gasteiger partial charge in [-0.15, -0.1) is 0 Å². The second-order valence-electron chi connectivity index (χ2n) is 6.50. The topological polar surface area (TPSA) is 45.2 Å². The number of nitrogens with one attached hydrogen (secondary N) is 1. The molecular formula is C21H17ClFN3O. The van der Waals surface area contributed by atoms with Crippen LogP contribution in [0, 0.1) is 12.7 Å². The van der Waals surface area contributed by atoms with Gasteiger partial charge in [0.05, 0.1) is 11.3 Å². The fraction of sp³-hybridized carbons (Fsp3) is 0.143. The lowest BCUT2D eigenvalue weighted by Crippen LogP contribution is -2.32. The van der Waals surface area contributed by atoms with Crippen molar-refractivity contribution in [2.45, 2.75) is 19.6 Å². The summed E-state index contributed by atoms with van der Waals surface area (Å²) in [6.07, 6.45) is 1.24. The summed E-state index contributed by atoms with van der Waals surface area (Å²) < 4.78 is 13.2. The van der Waals surface area contributed by atoms with Crippen molar-refractivity contribution in [3.63, 3.8) is 0 Å². The van der Waals surface area contributed by atoms with E-state index in [9.17, 15) is 9.18 Å². The molecule has 0 saturated carbocycles. The van der Waals surface area contributed by atoms with Crippen LogP contribution in [0.1, 0.15) is 33.3 Å². The summed E-state index contributed by atoms with van der Waals surface area (Å²) in [4.78, 5) is 19.1. The Kier molecular flexibility index (Phi) is 4.54. The average Bonchev–Trinajstić information content (AvgIpc) is 2.92. The molecule has 1 atom stereocenters. The SMILES string of the molecule is Cc1ccc(Cl)cc1NC1c2ncccc2C(=O)N1Cc1ccc(F)cc1. The van der Waals surface area contributed by atoms with Crippen molar-refractivity contribution >= 4 is 23.2 Å². The van der Waals surface area contributed by atoms with Gasteiger partial charge in [-0.1, -0.05) is 29.8 Å². The second-order valence-corrected chi connectivity index (χ2v) is 6.94. The summed E-state index contributed by atoms with van der Waals surface area (Å²) in [7, 11) is 0. The summed E-state index contributed by atoms with van der Waals surface area (Å²) in [5.74, 6) is -0.416. The zero-order valence-electron chi connectivity index (χ0n) is 14.6. The van der Waals surface area contributed by atoms with Crippen LogP contribution >= 0.6 is 11.6 Å². The number of fused-ring (bicyclic) bond motifs is 1. The first kappa shape index (κ1) is 17.5. The molecule has 1 aliphatic heterocycles. The maximum absolute atomic E-state index is 13.2. The van der Waals surface area contributed by atoms with Crippen molar-refractivity contribution in [2.75, 3.05) is 5.32 Å². The number of benzene rings is 2. The standard InChI is InChI=1S/C21H17ClFN3O/c1-13-4-7-15(22)11-18(13)25-20-19-17(3-2-10-24-19)21(27)26(20)12-14-5-8-16(23)9-6-14/h2-11,20,25H,12H2,1H3. The number of carbonyl (C=O) groups is 1. The van der Waals surface area contributed by atoms with Gasteiger partial charge in [-0.25, -0.2) is 4.39 Å². The zero-order chi connectivity index (χ0) is 19.0. The molecule has 2 aromatic carbocycles. The average molecular weight is 382 g/mol. The largest absolute Gasteiger partial charge is 0.360 e. The summed E-state index contributed by atoms with van der Waals surface area (Å²) in [5, 5.41) is 4.01. The van der Waals surface area contributed by atoms with Gasteiger partial charge in [0.25, 0.3) is 5.91 Å². The molecule has 1 aromatic heterocycles. The first-order valence-corrected chi connectivity index (χ1v) is 8.94. The highest BCUT2D eigenvalue weighted by Crippen LogP contribution is 2.35. The van der Waals surface area contributed by atoms with E-state index in [1.165, 1.54) is 12.1 Å². The number of hydrogen-bond donors (Lipinski definition) is 1. The molecule has 136 valence electrons. The van der Waals surface area contributed by atoms with Crippen LogP contribution in [0.4, 0.5) is 10.1 Å². The van der Waals surface area contributed by atoms with Crippen LogP contribution in [-0.2, 0) is 6.54 Å². The molecule has 2 heterocycles. The number of aryl methyl sites for hydroxylation is 1. The molecule has 1 amide bonds. The Balaban J connectivity index is 1.71. The van der Waals surface area contributed by atoms with Crippen molar-refractivity contribution in [3.05, 3.63) is 94.0 Å². The maximum atomic E-state index is 13.2. The van der Waals surface area contributed by atoms with E-state index in [0.29, 0.717) is 22.8 Å². The summed E-state index contributed by atoms with van der Waals surface area (Å²) in [6, 6.07) is 15.2. The minimum atomic E-state index is -0.434. The molecule has 0 bridgehead atoms. The van der Waals surface area contributed by atoms with E-state index in [4.69, 9.17) is 11.6 Å². The lowest BCUT2D eigenvalue weighted by molar-refractivity contribution is 0.0727. The lowest BCUT2D eigenvalue weighted by Gasteiger charge is -2.27. The Hall–Kier alpha value is -2.92. The van der Waals surface area contributed by atoms with Gasteiger partial charge < -0.3 is 10.2 Å². The van der Waals surface area contributed by atoms with Crippen LogP contribution < -0.4 is 5.32 Å². The number of aromatic nitrogens is 1. The smallest absolute Gasteiger partial charge is 0.258 e. The fourth-order valence-corrected chi connectivity index (χ4v) is 3.40. The first-order valence-electron chi connectivity index (χ1n) is 8.56. The van der Waals surface area contributed by atoms with E-state index < -0.39 is 6.17 Å². The minimum Gasteiger partial charge on any atom is -0.360 e. The highest BCUT2D eigenvalue weighted by molar-refractivity contribution is 6.30. The number of pyridine rings is 1. The first-order chi connectivity index (χ1) is 13.0. The van der Waals surface area contributed by atoms with Crippen molar-refractivity contribution in [2.24, 2.45) is 0 Å². The molecule has 0 fully saturated rings. The van der Waals surface area contributed by atoms with Crippen molar-refractivity contribution in [1.29, 1.82) is 0 Å². The molecule has 0 spiro atoms. The van der Waals surface area contributed by atoms with Crippen LogP contribution in [0.2, 0.25) is 5.02 Å². The Labute approximate surface area is 161 Å². The quantitative estimate of drug-likeness (QED) is 0.695. The predicted octanol–water partition coefficient (Wildman–Crippen LogP) is 4.95. The van der Waals surface area contributed by atoms with Crippen molar-refractivity contribution in [3.8, 4) is 0 Å².